The van der Waals surface area contributed by atoms with E-state index in [0.717, 1.165) is 8.66 Å². The van der Waals surface area contributed by atoms with E-state index < -0.39 is 0 Å². The molecule has 0 aliphatic carbocycles. The van der Waals surface area contributed by atoms with Gasteiger partial charge in [-0.15, -0.1) is 11.3 Å². The maximum Gasteiger partial charge on any atom is 0.193 e. The summed E-state index contributed by atoms with van der Waals surface area (Å²) >= 11 is 16.4. The summed E-state index contributed by atoms with van der Waals surface area (Å²) in [6.45, 7) is 0. The van der Waals surface area contributed by atoms with Gasteiger partial charge in [0.1, 0.15) is 5.76 Å². The molecule has 0 spiro atoms. The Morgan fingerprint density at radius 1 is 1.40 bits per heavy atom. The van der Waals surface area contributed by atoms with Crippen LogP contribution in [0.1, 0.15) is 16.7 Å². The van der Waals surface area contributed by atoms with Crippen molar-refractivity contribution in [2.24, 2.45) is 5.73 Å². The summed E-state index contributed by atoms with van der Waals surface area (Å²) < 4.78 is 6.11. The van der Waals surface area contributed by atoms with Crippen molar-refractivity contribution in [3.8, 4) is 0 Å². The maximum absolute atomic E-state index is 5.99. The van der Waals surface area contributed by atoms with Gasteiger partial charge in [0.15, 0.2) is 5.22 Å². The van der Waals surface area contributed by atoms with Crippen LogP contribution in [0.4, 0.5) is 0 Å². The molecule has 2 N–H and O–H groups in total. The molecule has 0 aliphatic heterocycles. The molecule has 0 radical (unpaired) electrons. The largest absolute Gasteiger partial charge is 0.448 e. The molecule has 0 fully saturated rings. The zero-order valence-electron chi connectivity index (χ0n) is 7.34. The van der Waals surface area contributed by atoms with E-state index >= 15 is 0 Å². The van der Waals surface area contributed by atoms with Gasteiger partial charge < -0.3 is 10.2 Å². The van der Waals surface area contributed by atoms with Gasteiger partial charge >= 0.3 is 0 Å². The minimum Gasteiger partial charge on any atom is -0.448 e. The quantitative estimate of drug-likeness (QED) is 0.885. The van der Waals surface area contributed by atoms with Crippen LogP contribution >= 0.6 is 50.5 Å². The first kappa shape index (κ1) is 11.5. The molecule has 2 heterocycles. The van der Waals surface area contributed by atoms with Crippen LogP contribution < -0.4 is 5.73 Å². The van der Waals surface area contributed by atoms with Crippen LogP contribution in [0.25, 0.3) is 0 Å². The van der Waals surface area contributed by atoms with Crippen LogP contribution in [-0.4, -0.2) is 0 Å². The highest BCUT2D eigenvalue weighted by atomic mass is 79.9. The van der Waals surface area contributed by atoms with Crippen LogP contribution in [0, 0.1) is 0 Å². The van der Waals surface area contributed by atoms with Crippen LogP contribution in [0.2, 0.25) is 10.2 Å². The topological polar surface area (TPSA) is 39.2 Å². The van der Waals surface area contributed by atoms with E-state index in [1.165, 1.54) is 11.3 Å². The van der Waals surface area contributed by atoms with Crippen LogP contribution in [-0.2, 0) is 0 Å². The second-order valence-electron chi connectivity index (χ2n) is 2.89. The maximum atomic E-state index is 5.99. The van der Waals surface area contributed by atoms with E-state index in [2.05, 4.69) is 15.9 Å². The molecule has 0 amide bonds. The van der Waals surface area contributed by atoms with E-state index in [-0.39, 0.29) is 6.04 Å². The lowest BCUT2D eigenvalue weighted by atomic mass is 10.2. The minimum absolute atomic E-state index is 0.328. The summed E-state index contributed by atoms with van der Waals surface area (Å²) in [5.74, 6) is 0.630. The lowest BCUT2D eigenvalue weighted by molar-refractivity contribution is 0.493. The van der Waals surface area contributed by atoms with Gasteiger partial charge in [-0.3, -0.25) is 0 Å². The third kappa shape index (κ3) is 2.40. The molecule has 1 atom stereocenters. The van der Waals surface area contributed by atoms with Crippen molar-refractivity contribution in [1.82, 2.24) is 0 Å². The standard InChI is InChI=1S/C9H6BrCl2NOS/c10-9-4(11)3-6(15-9)8(13)5-1-2-7(12)14-5/h1-3,8H,13H2. The molecule has 0 aromatic carbocycles. The van der Waals surface area contributed by atoms with Crippen molar-refractivity contribution >= 4 is 50.5 Å². The Morgan fingerprint density at radius 2 is 2.13 bits per heavy atom. The Bertz CT molecular complexity index is 463. The highest BCUT2D eigenvalue weighted by Gasteiger charge is 2.16. The molecule has 2 aromatic rings. The Morgan fingerprint density at radius 3 is 2.60 bits per heavy atom. The molecule has 80 valence electrons. The zero-order valence-corrected chi connectivity index (χ0v) is 11.3. The summed E-state index contributed by atoms with van der Waals surface area (Å²) in [6.07, 6.45) is 0. The van der Waals surface area contributed by atoms with Crippen molar-refractivity contribution < 1.29 is 4.42 Å². The van der Waals surface area contributed by atoms with Crippen molar-refractivity contribution in [3.05, 3.63) is 42.9 Å². The van der Waals surface area contributed by atoms with E-state index in [9.17, 15) is 0 Å². The molecular formula is C9H6BrCl2NOS. The molecule has 2 rings (SSSR count). The SMILES string of the molecule is NC(c1ccc(Cl)o1)c1cc(Cl)c(Br)s1. The molecule has 15 heavy (non-hydrogen) atoms. The van der Waals surface area contributed by atoms with E-state index in [1.54, 1.807) is 12.1 Å². The molecule has 2 nitrogen and oxygen atoms in total. The fraction of sp³-hybridized carbons (Fsp3) is 0.111. The van der Waals surface area contributed by atoms with E-state index in [4.69, 9.17) is 33.4 Å². The lowest BCUT2D eigenvalue weighted by Gasteiger charge is -2.04. The minimum atomic E-state index is -0.328. The Balaban J connectivity index is 2.31. The molecule has 6 heteroatoms. The van der Waals surface area contributed by atoms with Gasteiger partial charge in [-0.25, -0.2) is 0 Å². The van der Waals surface area contributed by atoms with Gasteiger partial charge in [0.05, 0.1) is 14.9 Å². The number of rotatable bonds is 2. The van der Waals surface area contributed by atoms with Gasteiger partial charge in [0.2, 0.25) is 0 Å². The third-order valence-corrected chi connectivity index (χ3v) is 4.63. The van der Waals surface area contributed by atoms with Gasteiger partial charge in [-0.1, -0.05) is 11.6 Å². The molecule has 0 saturated heterocycles. The number of hydrogen-bond acceptors (Lipinski definition) is 3. The molecule has 1 unspecified atom stereocenters. The second kappa shape index (κ2) is 4.47. The Labute approximate surface area is 109 Å². The summed E-state index contributed by atoms with van der Waals surface area (Å²) in [4.78, 5) is 0.929. The monoisotopic (exact) mass is 325 g/mol. The predicted molar refractivity (Wildman–Crippen MR) is 66.8 cm³/mol. The predicted octanol–water partition coefficient (Wildman–Crippen LogP) is 4.46. The van der Waals surface area contributed by atoms with Crippen LogP contribution in [0.3, 0.4) is 0 Å². The molecule has 0 aliphatic rings. The first-order valence-electron chi connectivity index (χ1n) is 4.03. The highest BCUT2D eigenvalue weighted by molar-refractivity contribution is 9.11. The molecular weight excluding hydrogens is 321 g/mol. The van der Waals surface area contributed by atoms with Gasteiger partial charge in [-0.05, 0) is 45.7 Å². The van der Waals surface area contributed by atoms with Gasteiger partial charge in [-0.2, -0.15) is 0 Å². The molecule has 2 aromatic heterocycles. The fourth-order valence-corrected chi connectivity index (χ4v) is 3.06. The van der Waals surface area contributed by atoms with Crippen LogP contribution in [0.15, 0.2) is 26.4 Å². The van der Waals surface area contributed by atoms with Crippen molar-refractivity contribution in [2.45, 2.75) is 6.04 Å². The average Bonchev–Trinajstić information content (AvgIpc) is 2.74. The summed E-state index contributed by atoms with van der Waals surface area (Å²) in [6, 6.07) is 4.92. The lowest BCUT2D eigenvalue weighted by Crippen LogP contribution is -2.08. The summed E-state index contributed by atoms with van der Waals surface area (Å²) in [7, 11) is 0. The van der Waals surface area contributed by atoms with Crippen molar-refractivity contribution in [1.29, 1.82) is 0 Å². The van der Waals surface area contributed by atoms with Gasteiger partial charge in [0, 0.05) is 4.88 Å². The smallest absolute Gasteiger partial charge is 0.193 e. The summed E-state index contributed by atoms with van der Waals surface area (Å²) in [5, 5.41) is 0.991. The number of thiophene rings is 1. The second-order valence-corrected chi connectivity index (χ2v) is 6.07. The summed E-state index contributed by atoms with van der Waals surface area (Å²) in [5.41, 5.74) is 5.99. The average molecular weight is 327 g/mol. The molecule has 0 bridgehead atoms. The first-order valence-corrected chi connectivity index (χ1v) is 6.40. The zero-order chi connectivity index (χ0) is 11.0. The van der Waals surface area contributed by atoms with E-state index in [1.807, 2.05) is 6.07 Å². The normalized spacial score (nSPS) is 13.1. The number of nitrogens with two attached hydrogens (primary N) is 1. The number of halogens is 3. The number of hydrogen-bond donors (Lipinski definition) is 1. The van der Waals surface area contributed by atoms with E-state index in [0.29, 0.717) is 16.0 Å². The van der Waals surface area contributed by atoms with Crippen molar-refractivity contribution in [2.75, 3.05) is 0 Å². The van der Waals surface area contributed by atoms with Crippen molar-refractivity contribution in [3.63, 3.8) is 0 Å². The van der Waals surface area contributed by atoms with Gasteiger partial charge in [0.25, 0.3) is 0 Å². The first-order chi connectivity index (χ1) is 7.08. The third-order valence-electron chi connectivity index (χ3n) is 1.87. The van der Waals surface area contributed by atoms with Crippen LogP contribution in [0.5, 0.6) is 0 Å². The fourth-order valence-electron chi connectivity index (χ4n) is 1.15. The Hall–Kier alpha value is -0.0000000000000000833. The Kier molecular flexibility index (Phi) is 3.42. The number of furan rings is 1. The highest BCUT2D eigenvalue weighted by Crippen LogP contribution is 2.37. The molecule has 0 saturated carbocycles.